The highest BCUT2D eigenvalue weighted by Gasteiger charge is 2.66. The summed E-state index contributed by atoms with van der Waals surface area (Å²) < 4.78 is 11.6. The summed E-state index contributed by atoms with van der Waals surface area (Å²) in [6, 6.07) is 0. The monoisotopic (exact) mass is 432 g/mol. The van der Waals surface area contributed by atoms with Crippen LogP contribution in [0.4, 0.5) is 0 Å². The van der Waals surface area contributed by atoms with Crippen molar-refractivity contribution in [2.45, 2.75) is 89.4 Å². The van der Waals surface area contributed by atoms with Crippen LogP contribution >= 0.6 is 0 Å². The third-order valence-electron chi connectivity index (χ3n) is 7.83. The SMILES string of the molecule is CC1(C)CC[C@H](O[C@@H]2O[C@H](CO)[C@@H](O)[C@H](O)[C@H]2O)[C@@]2(C)C1C(=O)C[C@@](C)(O)[C@@H]2CO. The topological polar surface area (TPSA) is 157 Å². The van der Waals surface area contributed by atoms with Crippen LogP contribution in [0.2, 0.25) is 0 Å². The second-order valence-corrected chi connectivity index (χ2v) is 10.4. The average Bonchev–Trinajstić information content (AvgIpc) is 2.62. The van der Waals surface area contributed by atoms with Crippen LogP contribution in [0.1, 0.15) is 47.0 Å². The number of carbonyl (C=O) groups is 1. The quantitative estimate of drug-likeness (QED) is 0.326. The second kappa shape index (κ2) is 8.04. The maximum atomic E-state index is 13.1. The number of aliphatic hydroxyl groups excluding tert-OH is 5. The number of hydrogen-bond acceptors (Lipinski definition) is 9. The van der Waals surface area contributed by atoms with E-state index in [0.717, 1.165) is 0 Å². The molecule has 1 unspecified atom stereocenters. The van der Waals surface area contributed by atoms with Crippen molar-refractivity contribution in [1.29, 1.82) is 0 Å². The molecule has 9 nitrogen and oxygen atoms in total. The molecule has 9 heteroatoms. The van der Waals surface area contributed by atoms with Crippen molar-refractivity contribution in [3.63, 3.8) is 0 Å². The standard InChI is InChI=1S/C21H36O9/c1-19(2)6-5-13(30-18-16(27)15(26)14(25)11(8-22)29-18)21(4)12(9-23)20(3,28)7-10(24)17(19)21/h11-18,22-23,25-28H,5-9H2,1-4H3/t11-,12+,13+,14-,15+,16-,17?,18+,20-,21+/m1/s1. The van der Waals surface area contributed by atoms with Crippen LogP contribution in [-0.4, -0.2) is 92.0 Å². The number of fused-ring (bicyclic) bond motifs is 1. The molecule has 174 valence electrons. The van der Waals surface area contributed by atoms with E-state index in [0.29, 0.717) is 12.8 Å². The third-order valence-corrected chi connectivity index (χ3v) is 7.83. The molecule has 1 saturated heterocycles. The highest BCUT2D eigenvalue weighted by molar-refractivity contribution is 5.85. The predicted molar refractivity (Wildman–Crippen MR) is 104 cm³/mol. The molecule has 3 fully saturated rings. The Morgan fingerprint density at radius 2 is 1.67 bits per heavy atom. The van der Waals surface area contributed by atoms with E-state index in [1.54, 1.807) is 6.92 Å². The van der Waals surface area contributed by atoms with Crippen LogP contribution in [0.25, 0.3) is 0 Å². The molecule has 30 heavy (non-hydrogen) atoms. The summed E-state index contributed by atoms with van der Waals surface area (Å²) in [7, 11) is 0. The second-order valence-electron chi connectivity index (χ2n) is 10.4. The molecule has 0 spiro atoms. The first-order valence-electron chi connectivity index (χ1n) is 10.6. The van der Waals surface area contributed by atoms with E-state index in [1.807, 2.05) is 20.8 Å². The first kappa shape index (κ1) is 24.0. The minimum Gasteiger partial charge on any atom is -0.396 e. The van der Waals surface area contributed by atoms with Crippen molar-refractivity contribution in [2.24, 2.45) is 22.7 Å². The lowest BCUT2D eigenvalue weighted by Gasteiger charge is -2.62. The number of hydrogen-bond donors (Lipinski definition) is 6. The molecule has 1 heterocycles. The molecular formula is C21H36O9. The lowest BCUT2D eigenvalue weighted by Crippen LogP contribution is -2.68. The van der Waals surface area contributed by atoms with Crippen molar-refractivity contribution < 1.29 is 44.9 Å². The van der Waals surface area contributed by atoms with Gasteiger partial charge in [0.15, 0.2) is 6.29 Å². The Morgan fingerprint density at radius 3 is 2.23 bits per heavy atom. The first-order valence-corrected chi connectivity index (χ1v) is 10.6. The molecule has 0 radical (unpaired) electrons. The van der Waals surface area contributed by atoms with E-state index in [2.05, 4.69) is 0 Å². The normalized spacial score (nSPS) is 51.5. The lowest BCUT2D eigenvalue weighted by molar-refractivity contribution is -0.334. The van der Waals surface area contributed by atoms with E-state index < -0.39 is 66.3 Å². The Kier molecular flexibility index (Phi) is 6.43. The number of ether oxygens (including phenoxy) is 2. The molecule has 3 aliphatic rings. The van der Waals surface area contributed by atoms with E-state index >= 15 is 0 Å². The molecule has 0 aromatic heterocycles. The van der Waals surface area contributed by atoms with Crippen LogP contribution in [0.15, 0.2) is 0 Å². The van der Waals surface area contributed by atoms with Crippen LogP contribution in [0.5, 0.6) is 0 Å². The van der Waals surface area contributed by atoms with E-state index in [9.17, 15) is 35.4 Å². The Labute approximate surface area is 176 Å². The Morgan fingerprint density at radius 1 is 1.03 bits per heavy atom. The van der Waals surface area contributed by atoms with Gasteiger partial charge in [-0.05, 0) is 25.2 Å². The van der Waals surface area contributed by atoms with Gasteiger partial charge in [-0.1, -0.05) is 20.8 Å². The predicted octanol–water partition coefficient (Wildman–Crippen LogP) is -1.05. The summed E-state index contributed by atoms with van der Waals surface area (Å²) >= 11 is 0. The zero-order valence-corrected chi connectivity index (χ0v) is 18.1. The molecule has 0 bridgehead atoms. The van der Waals surface area contributed by atoms with Gasteiger partial charge in [-0.2, -0.15) is 0 Å². The summed E-state index contributed by atoms with van der Waals surface area (Å²) in [5, 5.41) is 61.1. The zero-order chi connectivity index (χ0) is 22.6. The van der Waals surface area contributed by atoms with Gasteiger partial charge in [0.1, 0.15) is 30.2 Å². The van der Waals surface area contributed by atoms with Crippen molar-refractivity contribution in [1.82, 2.24) is 0 Å². The summed E-state index contributed by atoms with van der Waals surface area (Å²) in [4.78, 5) is 13.1. The highest BCUT2D eigenvalue weighted by atomic mass is 16.7. The third kappa shape index (κ3) is 3.63. The smallest absolute Gasteiger partial charge is 0.186 e. The fraction of sp³-hybridized carbons (Fsp3) is 0.952. The molecule has 0 aromatic rings. The molecule has 3 rings (SSSR count). The Bertz CT molecular complexity index is 646. The van der Waals surface area contributed by atoms with Gasteiger partial charge in [0.2, 0.25) is 0 Å². The first-order chi connectivity index (χ1) is 13.8. The Balaban J connectivity index is 1.97. The molecule has 10 atom stereocenters. The number of Topliss-reactive ketones (excluding diaryl/α,β-unsaturated/α-hetero) is 1. The largest absolute Gasteiger partial charge is 0.396 e. The van der Waals surface area contributed by atoms with Gasteiger partial charge in [-0.3, -0.25) is 4.79 Å². The lowest BCUT2D eigenvalue weighted by atomic mass is 9.44. The summed E-state index contributed by atoms with van der Waals surface area (Å²) in [5.74, 6) is -1.26. The van der Waals surface area contributed by atoms with Gasteiger partial charge >= 0.3 is 0 Å². The van der Waals surface area contributed by atoms with E-state index in [4.69, 9.17) is 9.47 Å². The van der Waals surface area contributed by atoms with Crippen molar-refractivity contribution in [2.75, 3.05) is 13.2 Å². The van der Waals surface area contributed by atoms with Gasteiger partial charge in [-0.15, -0.1) is 0 Å². The molecule has 2 aliphatic carbocycles. The summed E-state index contributed by atoms with van der Waals surface area (Å²) in [6.07, 6.45) is -6.70. The molecule has 0 amide bonds. The highest BCUT2D eigenvalue weighted by Crippen LogP contribution is 2.61. The molecule has 1 aliphatic heterocycles. The number of ketones is 1. The van der Waals surface area contributed by atoms with Crippen LogP contribution in [0, 0.1) is 22.7 Å². The van der Waals surface area contributed by atoms with Gasteiger partial charge in [0.25, 0.3) is 0 Å². The molecule has 6 N–H and O–H groups in total. The van der Waals surface area contributed by atoms with Crippen molar-refractivity contribution in [3.05, 3.63) is 0 Å². The van der Waals surface area contributed by atoms with E-state index in [-0.39, 0.29) is 24.2 Å². The zero-order valence-electron chi connectivity index (χ0n) is 18.1. The van der Waals surface area contributed by atoms with Gasteiger partial charge in [-0.25, -0.2) is 0 Å². The minimum absolute atomic E-state index is 0.0608. The minimum atomic E-state index is -1.57. The van der Waals surface area contributed by atoms with Crippen molar-refractivity contribution >= 4 is 5.78 Å². The van der Waals surface area contributed by atoms with E-state index in [1.165, 1.54) is 0 Å². The molecule has 0 aromatic carbocycles. The number of aliphatic hydroxyl groups is 6. The number of carbonyl (C=O) groups excluding carboxylic acids is 1. The van der Waals surface area contributed by atoms with Crippen LogP contribution < -0.4 is 0 Å². The van der Waals surface area contributed by atoms with Gasteiger partial charge < -0.3 is 40.1 Å². The molecule has 2 saturated carbocycles. The fourth-order valence-corrected chi connectivity index (χ4v) is 6.39. The van der Waals surface area contributed by atoms with Crippen molar-refractivity contribution in [3.8, 4) is 0 Å². The fourth-order valence-electron chi connectivity index (χ4n) is 6.39. The van der Waals surface area contributed by atoms with Crippen LogP contribution in [-0.2, 0) is 14.3 Å². The van der Waals surface area contributed by atoms with Crippen LogP contribution in [0.3, 0.4) is 0 Å². The van der Waals surface area contributed by atoms with Gasteiger partial charge in [0.05, 0.1) is 18.3 Å². The average molecular weight is 433 g/mol. The number of rotatable bonds is 4. The summed E-state index contributed by atoms with van der Waals surface area (Å²) in [6.45, 7) is 6.42. The Hall–Kier alpha value is -0.650. The summed E-state index contributed by atoms with van der Waals surface area (Å²) in [5.41, 5.74) is -2.78. The maximum Gasteiger partial charge on any atom is 0.186 e. The molecular weight excluding hydrogens is 396 g/mol. The van der Waals surface area contributed by atoms with Gasteiger partial charge in [0, 0.05) is 30.3 Å². The maximum absolute atomic E-state index is 13.1.